The number of hydrogen-bond donors (Lipinski definition) is 1. The normalized spacial score (nSPS) is 16.6. The highest BCUT2D eigenvalue weighted by molar-refractivity contribution is 8.00. The molecule has 2 amide bonds. The summed E-state index contributed by atoms with van der Waals surface area (Å²) in [6, 6.07) is 13.3. The van der Waals surface area contributed by atoms with Crippen LogP contribution >= 0.6 is 34.4 Å². The summed E-state index contributed by atoms with van der Waals surface area (Å²) in [6.45, 7) is 0.600. The molecular weight excluding hydrogens is 424 g/mol. The van der Waals surface area contributed by atoms with Crippen molar-refractivity contribution >= 4 is 51.4 Å². The van der Waals surface area contributed by atoms with Gasteiger partial charge in [0.05, 0.1) is 4.88 Å². The first-order valence-corrected chi connectivity index (χ1v) is 12.0. The molecule has 4 rings (SSSR count). The Balaban J connectivity index is 1.37. The summed E-state index contributed by atoms with van der Waals surface area (Å²) < 4.78 is 0.805. The van der Waals surface area contributed by atoms with Crippen molar-refractivity contribution in [1.29, 1.82) is 0 Å². The van der Waals surface area contributed by atoms with E-state index in [0.29, 0.717) is 23.0 Å². The summed E-state index contributed by atoms with van der Waals surface area (Å²) in [7, 11) is 0. The van der Waals surface area contributed by atoms with Crippen molar-refractivity contribution in [2.24, 2.45) is 0 Å². The highest BCUT2D eigenvalue weighted by atomic mass is 32.2. The molecule has 0 saturated carbocycles. The summed E-state index contributed by atoms with van der Waals surface area (Å²) >= 11 is 4.35. The van der Waals surface area contributed by atoms with Gasteiger partial charge in [-0.15, -0.1) is 21.5 Å². The van der Waals surface area contributed by atoms with Crippen LogP contribution in [0.4, 0.5) is 5.13 Å². The van der Waals surface area contributed by atoms with E-state index in [-0.39, 0.29) is 11.8 Å². The predicted molar refractivity (Wildman–Crippen MR) is 118 cm³/mol. The fourth-order valence-corrected chi connectivity index (χ4v) is 5.61. The van der Waals surface area contributed by atoms with Gasteiger partial charge < -0.3 is 4.90 Å². The van der Waals surface area contributed by atoms with Gasteiger partial charge in [0.2, 0.25) is 11.0 Å². The Hall–Kier alpha value is -2.23. The molecule has 1 saturated heterocycles. The van der Waals surface area contributed by atoms with Crippen LogP contribution in [0.25, 0.3) is 0 Å². The smallest absolute Gasteiger partial charge is 0.264 e. The Bertz CT molecular complexity index is 959. The zero-order valence-corrected chi connectivity index (χ0v) is 18.1. The van der Waals surface area contributed by atoms with Crippen molar-refractivity contribution in [1.82, 2.24) is 15.1 Å². The molecule has 2 aromatic heterocycles. The molecule has 1 aliphatic rings. The molecule has 1 atom stereocenters. The van der Waals surface area contributed by atoms with E-state index in [2.05, 4.69) is 27.6 Å². The summed E-state index contributed by atoms with van der Waals surface area (Å²) in [4.78, 5) is 28.0. The van der Waals surface area contributed by atoms with Gasteiger partial charge in [-0.3, -0.25) is 14.9 Å². The second kappa shape index (κ2) is 9.51. The first-order chi connectivity index (χ1) is 14.2. The van der Waals surface area contributed by atoms with E-state index in [1.54, 1.807) is 22.7 Å². The van der Waals surface area contributed by atoms with Crippen LogP contribution < -0.4 is 5.32 Å². The number of benzene rings is 1. The fourth-order valence-electron chi connectivity index (χ4n) is 3.22. The SMILES string of the molecule is O=C(Nc1nnc(SCc2ccccc2)s1)C1CCCCN1C(=O)c1cccs1. The topological polar surface area (TPSA) is 75.2 Å². The van der Waals surface area contributed by atoms with E-state index in [1.165, 1.54) is 28.2 Å². The monoisotopic (exact) mass is 444 g/mol. The van der Waals surface area contributed by atoms with Crippen molar-refractivity contribution in [2.45, 2.75) is 35.4 Å². The molecule has 150 valence electrons. The van der Waals surface area contributed by atoms with Crippen molar-refractivity contribution in [3.05, 3.63) is 58.3 Å². The molecule has 1 fully saturated rings. The maximum absolute atomic E-state index is 12.9. The molecule has 0 bridgehead atoms. The molecule has 0 spiro atoms. The Morgan fingerprint density at radius 3 is 2.79 bits per heavy atom. The highest BCUT2D eigenvalue weighted by Gasteiger charge is 2.33. The van der Waals surface area contributed by atoms with E-state index in [1.807, 2.05) is 29.6 Å². The van der Waals surface area contributed by atoms with Gasteiger partial charge >= 0.3 is 0 Å². The van der Waals surface area contributed by atoms with Crippen LogP contribution in [0.3, 0.4) is 0 Å². The maximum Gasteiger partial charge on any atom is 0.264 e. The average Bonchev–Trinajstić information content (AvgIpc) is 3.45. The van der Waals surface area contributed by atoms with Crippen LogP contribution in [-0.2, 0) is 10.5 Å². The van der Waals surface area contributed by atoms with E-state index in [0.717, 1.165) is 22.9 Å². The number of carbonyl (C=O) groups excluding carboxylic acids is 2. The number of likely N-dealkylation sites (tertiary alicyclic amines) is 1. The first kappa shape index (κ1) is 20.1. The summed E-state index contributed by atoms with van der Waals surface area (Å²) in [5.74, 6) is 0.538. The molecule has 6 nitrogen and oxygen atoms in total. The van der Waals surface area contributed by atoms with Gasteiger partial charge in [-0.25, -0.2) is 0 Å². The number of carbonyl (C=O) groups is 2. The quantitative estimate of drug-likeness (QED) is 0.447. The van der Waals surface area contributed by atoms with E-state index >= 15 is 0 Å². The fraction of sp³-hybridized carbons (Fsp3) is 0.300. The van der Waals surface area contributed by atoms with Gasteiger partial charge in [-0.1, -0.05) is 59.5 Å². The van der Waals surface area contributed by atoms with Crippen molar-refractivity contribution < 1.29 is 9.59 Å². The minimum Gasteiger partial charge on any atom is -0.326 e. The molecule has 1 N–H and O–H groups in total. The molecule has 0 aliphatic carbocycles. The van der Waals surface area contributed by atoms with E-state index < -0.39 is 6.04 Å². The number of piperidine rings is 1. The number of rotatable bonds is 6. The summed E-state index contributed by atoms with van der Waals surface area (Å²) in [6.07, 6.45) is 2.51. The van der Waals surface area contributed by atoms with E-state index in [9.17, 15) is 9.59 Å². The molecule has 1 aliphatic heterocycles. The second-order valence-electron chi connectivity index (χ2n) is 6.62. The average molecular weight is 445 g/mol. The number of nitrogens with zero attached hydrogens (tertiary/aromatic N) is 3. The van der Waals surface area contributed by atoms with Gasteiger partial charge in [0.25, 0.3) is 5.91 Å². The van der Waals surface area contributed by atoms with Gasteiger partial charge in [-0.2, -0.15) is 0 Å². The summed E-state index contributed by atoms with van der Waals surface area (Å²) in [5, 5.41) is 13.5. The largest absolute Gasteiger partial charge is 0.326 e. The van der Waals surface area contributed by atoms with Crippen LogP contribution in [0.2, 0.25) is 0 Å². The van der Waals surface area contributed by atoms with Gasteiger partial charge in [0.1, 0.15) is 6.04 Å². The minimum absolute atomic E-state index is 0.0729. The molecule has 1 unspecified atom stereocenters. The van der Waals surface area contributed by atoms with Crippen LogP contribution in [0.15, 0.2) is 52.2 Å². The van der Waals surface area contributed by atoms with Crippen LogP contribution in [0, 0.1) is 0 Å². The second-order valence-corrected chi connectivity index (χ2v) is 9.77. The van der Waals surface area contributed by atoms with Crippen LogP contribution in [-0.4, -0.2) is 39.5 Å². The van der Waals surface area contributed by atoms with Crippen molar-refractivity contribution in [2.75, 3.05) is 11.9 Å². The Morgan fingerprint density at radius 2 is 2.00 bits per heavy atom. The number of nitrogens with one attached hydrogen (secondary N) is 1. The molecule has 3 aromatic rings. The maximum atomic E-state index is 12.9. The third-order valence-corrected chi connectivity index (χ3v) is 7.54. The lowest BCUT2D eigenvalue weighted by atomic mass is 10.0. The zero-order valence-electron chi connectivity index (χ0n) is 15.6. The number of hydrogen-bond acceptors (Lipinski definition) is 7. The molecular formula is C20H20N4O2S3. The van der Waals surface area contributed by atoms with Gasteiger partial charge in [-0.05, 0) is 36.3 Å². The van der Waals surface area contributed by atoms with Crippen molar-refractivity contribution in [3.8, 4) is 0 Å². The lowest BCUT2D eigenvalue weighted by Gasteiger charge is -2.34. The Kier molecular flexibility index (Phi) is 6.58. The zero-order chi connectivity index (χ0) is 20.1. The third-order valence-electron chi connectivity index (χ3n) is 4.64. The molecule has 0 radical (unpaired) electrons. The number of amides is 2. The lowest BCUT2D eigenvalue weighted by molar-refractivity contribution is -0.121. The Morgan fingerprint density at radius 1 is 1.14 bits per heavy atom. The van der Waals surface area contributed by atoms with Gasteiger partial charge in [0, 0.05) is 12.3 Å². The molecule has 29 heavy (non-hydrogen) atoms. The minimum atomic E-state index is -0.470. The number of thiophene rings is 1. The van der Waals surface area contributed by atoms with Crippen LogP contribution in [0.5, 0.6) is 0 Å². The predicted octanol–water partition coefficient (Wildman–Crippen LogP) is 4.53. The Labute approximate surface area is 181 Å². The van der Waals surface area contributed by atoms with Crippen LogP contribution in [0.1, 0.15) is 34.5 Å². The number of aromatic nitrogens is 2. The summed E-state index contributed by atoms with van der Waals surface area (Å²) in [5.41, 5.74) is 1.21. The number of thioether (sulfide) groups is 1. The molecule has 3 heterocycles. The van der Waals surface area contributed by atoms with E-state index in [4.69, 9.17) is 0 Å². The standard InChI is InChI=1S/C20H20N4O2S3/c25-17(15-9-4-5-11-24(15)18(26)16-10-6-12-27-16)21-19-22-23-20(29-19)28-13-14-7-2-1-3-8-14/h1-3,6-8,10,12,15H,4-5,9,11,13H2,(H,21,22,25). The first-order valence-electron chi connectivity index (χ1n) is 9.36. The number of anilines is 1. The highest BCUT2D eigenvalue weighted by Crippen LogP contribution is 2.29. The third kappa shape index (κ3) is 5.04. The van der Waals surface area contributed by atoms with Crippen molar-refractivity contribution in [3.63, 3.8) is 0 Å². The lowest BCUT2D eigenvalue weighted by Crippen LogP contribution is -2.49. The molecule has 9 heteroatoms. The molecule has 1 aromatic carbocycles. The van der Waals surface area contributed by atoms with Gasteiger partial charge in [0.15, 0.2) is 4.34 Å².